The van der Waals surface area contributed by atoms with Crippen molar-refractivity contribution in [2.75, 3.05) is 18.4 Å². The summed E-state index contributed by atoms with van der Waals surface area (Å²) < 4.78 is 9.82. The van der Waals surface area contributed by atoms with E-state index in [2.05, 4.69) is 41.0 Å². The molecule has 2 aromatic heterocycles. The third-order valence-electron chi connectivity index (χ3n) is 7.05. The van der Waals surface area contributed by atoms with Gasteiger partial charge >= 0.3 is 0 Å². The normalized spacial score (nSPS) is 13.6. The molecule has 1 aliphatic rings. The van der Waals surface area contributed by atoms with E-state index in [1.165, 1.54) is 24.8 Å². The third kappa shape index (κ3) is 7.30. The molecule has 4 aromatic rings. The summed E-state index contributed by atoms with van der Waals surface area (Å²) in [5.41, 5.74) is 10.1. The van der Waals surface area contributed by atoms with Gasteiger partial charge in [-0.15, -0.1) is 5.11 Å². The van der Waals surface area contributed by atoms with Gasteiger partial charge in [0.25, 0.3) is 0 Å². The SMILES string of the molecule is N=N/C(=N\P)c1ccc2c(c1)nc(NCCCCCCCNCc1ccc(OC3CC3)c(Cl)c1)c1ccncc12. The Bertz CT molecular complexity index is 1510. The zero-order valence-corrected chi connectivity index (χ0v) is 24.4. The van der Waals surface area contributed by atoms with Gasteiger partial charge in [-0.2, -0.15) is 0 Å². The van der Waals surface area contributed by atoms with Crippen LogP contribution in [-0.4, -0.2) is 35.0 Å². The first-order valence-corrected chi connectivity index (χ1v) is 14.8. The summed E-state index contributed by atoms with van der Waals surface area (Å²) in [5, 5.41) is 14.4. The second-order valence-corrected chi connectivity index (χ2v) is 10.8. The molecule has 208 valence electrons. The van der Waals surface area contributed by atoms with Crippen molar-refractivity contribution in [3.63, 3.8) is 0 Å². The molecular weight excluding hydrogens is 541 g/mol. The quantitative estimate of drug-likeness (QED) is 0.0356. The maximum atomic E-state index is 7.37. The minimum atomic E-state index is 0.349. The molecule has 0 radical (unpaired) electrons. The van der Waals surface area contributed by atoms with E-state index in [9.17, 15) is 0 Å². The van der Waals surface area contributed by atoms with Crippen LogP contribution in [0.2, 0.25) is 5.02 Å². The van der Waals surface area contributed by atoms with Crippen molar-refractivity contribution in [3.05, 3.63) is 71.0 Å². The molecule has 1 aliphatic carbocycles. The minimum absolute atomic E-state index is 0.349. The zero-order chi connectivity index (χ0) is 27.7. The molecule has 1 fully saturated rings. The Hall–Kier alpha value is -3.19. The fraction of sp³-hybridized carbons (Fsp3) is 0.367. The molecule has 2 aromatic carbocycles. The number of halogens is 1. The van der Waals surface area contributed by atoms with E-state index in [1.54, 1.807) is 6.20 Å². The predicted molar refractivity (Wildman–Crippen MR) is 167 cm³/mol. The maximum absolute atomic E-state index is 7.37. The average Bonchev–Trinajstić information content (AvgIpc) is 3.80. The molecule has 0 saturated heterocycles. The topological polar surface area (TPSA) is 108 Å². The van der Waals surface area contributed by atoms with Crippen LogP contribution in [0, 0.1) is 5.53 Å². The molecule has 40 heavy (non-hydrogen) atoms. The summed E-state index contributed by atoms with van der Waals surface area (Å²) >= 11 is 6.37. The Morgan fingerprint density at radius 3 is 2.60 bits per heavy atom. The number of amidine groups is 1. The van der Waals surface area contributed by atoms with Crippen LogP contribution in [0.5, 0.6) is 5.75 Å². The number of hydrogen-bond acceptors (Lipinski definition) is 7. The number of unbranched alkanes of at least 4 members (excludes halogenated alkanes) is 4. The van der Waals surface area contributed by atoms with Gasteiger partial charge in [-0.1, -0.05) is 49.1 Å². The summed E-state index contributed by atoms with van der Waals surface area (Å²) in [6.45, 7) is 2.67. The van der Waals surface area contributed by atoms with Crippen LogP contribution in [0.4, 0.5) is 5.82 Å². The fourth-order valence-electron chi connectivity index (χ4n) is 4.75. The first-order chi connectivity index (χ1) is 19.7. The Labute approximate surface area is 242 Å². The predicted octanol–water partition coefficient (Wildman–Crippen LogP) is 7.70. The number of nitrogens with one attached hydrogen (secondary N) is 3. The van der Waals surface area contributed by atoms with Crippen molar-refractivity contribution >= 4 is 54.3 Å². The van der Waals surface area contributed by atoms with Gasteiger partial charge in [0.15, 0.2) is 5.84 Å². The highest BCUT2D eigenvalue weighted by atomic mass is 35.5. The largest absolute Gasteiger partial charge is 0.489 e. The van der Waals surface area contributed by atoms with Gasteiger partial charge in [0, 0.05) is 47.2 Å². The number of pyridine rings is 2. The van der Waals surface area contributed by atoms with Crippen LogP contribution >= 0.6 is 21.0 Å². The molecule has 0 amide bonds. The molecule has 5 rings (SSSR count). The van der Waals surface area contributed by atoms with E-state index < -0.39 is 0 Å². The van der Waals surface area contributed by atoms with Crippen molar-refractivity contribution in [3.8, 4) is 5.75 Å². The molecular formula is C30H35ClN7OP. The Morgan fingerprint density at radius 1 is 1.00 bits per heavy atom. The van der Waals surface area contributed by atoms with Crippen LogP contribution in [0.1, 0.15) is 56.1 Å². The first kappa shape index (κ1) is 28.3. The fourth-order valence-corrected chi connectivity index (χ4v) is 5.20. The van der Waals surface area contributed by atoms with Crippen LogP contribution in [0.15, 0.2) is 64.7 Å². The molecule has 0 spiro atoms. The lowest BCUT2D eigenvalue weighted by molar-refractivity contribution is 0.303. The highest BCUT2D eigenvalue weighted by molar-refractivity contribution is 7.15. The lowest BCUT2D eigenvalue weighted by Crippen LogP contribution is -2.14. The van der Waals surface area contributed by atoms with Gasteiger partial charge in [-0.25, -0.2) is 15.3 Å². The van der Waals surface area contributed by atoms with Gasteiger partial charge in [0.05, 0.1) is 16.6 Å². The number of aromatic nitrogens is 2. The van der Waals surface area contributed by atoms with Crippen molar-refractivity contribution in [2.24, 2.45) is 9.88 Å². The Kier molecular flexibility index (Phi) is 9.87. The Balaban J connectivity index is 1.04. The highest BCUT2D eigenvalue weighted by Crippen LogP contribution is 2.32. The summed E-state index contributed by atoms with van der Waals surface area (Å²) in [5.74, 6) is 2.00. The lowest BCUT2D eigenvalue weighted by Gasteiger charge is -2.12. The lowest BCUT2D eigenvalue weighted by atomic mass is 10.1. The second kappa shape index (κ2) is 13.9. The van der Waals surface area contributed by atoms with Crippen LogP contribution < -0.4 is 15.4 Å². The molecule has 1 saturated carbocycles. The number of hydrogen-bond donors (Lipinski definition) is 3. The van der Waals surface area contributed by atoms with Crippen molar-refractivity contribution in [1.82, 2.24) is 15.3 Å². The Morgan fingerprint density at radius 2 is 1.82 bits per heavy atom. The minimum Gasteiger partial charge on any atom is -0.489 e. The number of fused-ring (bicyclic) bond motifs is 3. The number of nitrogens with zero attached hydrogens (tertiary/aromatic N) is 4. The van der Waals surface area contributed by atoms with E-state index in [-0.39, 0.29) is 0 Å². The molecule has 2 heterocycles. The van der Waals surface area contributed by atoms with Crippen LogP contribution in [0.25, 0.3) is 21.7 Å². The first-order valence-electron chi connectivity index (χ1n) is 13.9. The van der Waals surface area contributed by atoms with Gasteiger partial charge < -0.3 is 15.4 Å². The van der Waals surface area contributed by atoms with Crippen LogP contribution in [0.3, 0.4) is 0 Å². The molecule has 1 atom stereocenters. The molecule has 3 N–H and O–H groups in total. The van der Waals surface area contributed by atoms with E-state index in [4.69, 9.17) is 26.9 Å². The van der Waals surface area contributed by atoms with Crippen LogP contribution in [-0.2, 0) is 6.54 Å². The number of ether oxygens (including phenoxy) is 1. The molecule has 10 heteroatoms. The average molecular weight is 576 g/mol. The van der Waals surface area contributed by atoms with Crippen molar-refractivity contribution in [2.45, 2.75) is 57.6 Å². The van der Waals surface area contributed by atoms with Gasteiger partial charge in [-0.3, -0.25) is 4.98 Å². The molecule has 1 unspecified atom stereocenters. The highest BCUT2D eigenvalue weighted by Gasteiger charge is 2.24. The van der Waals surface area contributed by atoms with Crippen molar-refractivity contribution < 1.29 is 4.74 Å². The number of benzene rings is 2. The molecule has 0 aliphatic heterocycles. The second-order valence-electron chi connectivity index (χ2n) is 10.1. The summed E-state index contributed by atoms with van der Waals surface area (Å²) in [6, 6.07) is 13.9. The summed E-state index contributed by atoms with van der Waals surface area (Å²) in [7, 11) is 2.26. The van der Waals surface area contributed by atoms with E-state index in [0.29, 0.717) is 17.0 Å². The van der Waals surface area contributed by atoms with E-state index in [1.807, 2.05) is 42.6 Å². The standard InChI is InChI=1S/C30H35ClN7OP/c31-26-16-20(6-11-28(26)39-22-8-9-22)18-33-13-4-2-1-3-5-14-35-30-24-12-15-34-19-25(24)23-10-7-21(17-27(23)36-30)29(37-32)38-40/h6-7,10-12,15-17,19,22,32-33H,1-5,8-9,13-14,18,40H2,(H,35,36)/b37-32?,38-29-. The van der Waals surface area contributed by atoms with E-state index >= 15 is 0 Å². The summed E-state index contributed by atoms with van der Waals surface area (Å²) in [6.07, 6.45) is 12.1. The van der Waals surface area contributed by atoms with Gasteiger partial charge in [0.1, 0.15) is 11.6 Å². The number of rotatable bonds is 14. The smallest absolute Gasteiger partial charge is 0.179 e. The monoisotopic (exact) mass is 575 g/mol. The van der Waals surface area contributed by atoms with Crippen molar-refractivity contribution in [1.29, 1.82) is 5.53 Å². The molecule has 8 nitrogen and oxygen atoms in total. The third-order valence-corrected chi connectivity index (χ3v) is 7.59. The summed E-state index contributed by atoms with van der Waals surface area (Å²) in [4.78, 5) is 9.24. The van der Waals surface area contributed by atoms with Gasteiger partial charge in [0.2, 0.25) is 0 Å². The maximum Gasteiger partial charge on any atom is 0.179 e. The van der Waals surface area contributed by atoms with Gasteiger partial charge in [-0.05, 0) is 71.4 Å². The number of anilines is 1. The zero-order valence-electron chi connectivity index (χ0n) is 22.5. The van der Waals surface area contributed by atoms with E-state index in [0.717, 1.165) is 84.1 Å². The molecule has 0 bridgehead atoms.